The summed E-state index contributed by atoms with van der Waals surface area (Å²) in [6.07, 6.45) is -0.573. The minimum Gasteiger partial charge on any atom is -0.462 e. The van der Waals surface area contributed by atoms with Gasteiger partial charge in [0.15, 0.2) is 0 Å². The van der Waals surface area contributed by atoms with E-state index >= 15 is 0 Å². The quantitative estimate of drug-likeness (QED) is 0.785. The van der Waals surface area contributed by atoms with Crippen LogP contribution >= 0.6 is 0 Å². The molecule has 0 aliphatic rings. The Bertz CT molecular complexity index is 751. The van der Waals surface area contributed by atoms with Crippen LogP contribution < -0.4 is 10.1 Å². The van der Waals surface area contributed by atoms with Crippen LogP contribution in [0.25, 0.3) is 0 Å². The lowest BCUT2D eigenvalue weighted by Gasteiger charge is -2.14. The summed E-state index contributed by atoms with van der Waals surface area (Å²) in [6.45, 7) is 8.11. The minimum absolute atomic E-state index is 0.243. The Morgan fingerprint density at radius 3 is 2.36 bits per heavy atom. The third-order valence-electron chi connectivity index (χ3n) is 3.64. The monoisotopic (exact) mass is 341 g/mol. The highest BCUT2D eigenvalue weighted by atomic mass is 16.6. The molecular weight excluding hydrogens is 318 g/mol. The zero-order valence-electron chi connectivity index (χ0n) is 15.0. The van der Waals surface area contributed by atoms with E-state index in [1.165, 1.54) is 0 Å². The third kappa shape index (κ3) is 5.08. The van der Waals surface area contributed by atoms with E-state index in [1.807, 2.05) is 39.0 Å². The Labute approximate surface area is 148 Å². The van der Waals surface area contributed by atoms with E-state index in [9.17, 15) is 9.59 Å². The minimum atomic E-state index is -0.573. The van der Waals surface area contributed by atoms with Crippen molar-refractivity contribution in [3.8, 4) is 5.75 Å². The van der Waals surface area contributed by atoms with E-state index in [0.29, 0.717) is 23.6 Å². The van der Waals surface area contributed by atoms with Gasteiger partial charge in [0.25, 0.3) is 0 Å². The zero-order valence-corrected chi connectivity index (χ0v) is 15.0. The van der Waals surface area contributed by atoms with Crippen LogP contribution in [0.3, 0.4) is 0 Å². The smallest absolute Gasteiger partial charge is 0.417 e. The van der Waals surface area contributed by atoms with Gasteiger partial charge in [0.05, 0.1) is 12.2 Å². The van der Waals surface area contributed by atoms with Crippen molar-refractivity contribution >= 4 is 17.7 Å². The molecule has 5 heteroatoms. The highest BCUT2D eigenvalue weighted by Crippen LogP contribution is 2.27. The molecule has 0 saturated heterocycles. The molecule has 2 aromatic carbocycles. The van der Waals surface area contributed by atoms with E-state index in [-0.39, 0.29) is 5.92 Å². The molecule has 0 radical (unpaired) electrons. The normalized spacial score (nSPS) is 10.4. The Kier molecular flexibility index (Phi) is 6.17. The van der Waals surface area contributed by atoms with Crippen LogP contribution in [0.15, 0.2) is 42.5 Å². The highest BCUT2D eigenvalue weighted by molar-refractivity contribution is 5.91. The molecular formula is C20H23NO4. The molecule has 0 saturated carbocycles. The van der Waals surface area contributed by atoms with Crippen molar-refractivity contribution in [2.24, 2.45) is 0 Å². The Morgan fingerprint density at radius 1 is 1.08 bits per heavy atom. The third-order valence-corrected chi connectivity index (χ3v) is 3.64. The lowest BCUT2D eigenvalue weighted by Crippen LogP contribution is -2.18. The number of carbonyl (C=O) groups is 2. The van der Waals surface area contributed by atoms with E-state index in [4.69, 9.17) is 9.47 Å². The second-order valence-electron chi connectivity index (χ2n) is 6.01. The zero-order chi connectivity index (χ0) is 18.4. The van der Waals surface area contributed by atoms with Crippen LogP contribution in [0.2, 0.25) is 0 Å². The average Bonchev–Trinajstić information content (AvgIpc) is 2.55. The summed E-state index contributed by atoms with van der Waals surface area (Å²) < 4.78 is 10.4. The lowest BCUT2D eigenvalue weighted by atomic mass is 10.0. The molecule has 0 fully saturated rings. The molecule has 1 amide bonds. The van der Waals surface area contributed by atoms with Crippen molar-refractivity contribution in [1.29, 1.82) is 0 Å². The first-order valence-electron chi connectivity index (χ1n) is 8.27. The molecule has 2 aromatic rings. The van der Waals surface area contributed by atoms with Gasteiger partial charge >= 0.3 is 12.1 Å². The lowest BCUT2D eigenvalue weighted by molar-refractivity contribution is 0.0526. The van der Waals surface area contributed by atoms with Crippen molar-refractivity contribution in [3.63, 3.8) is 0 Å². The average molecular weight is 341 g/mol. The van der Waals surface area contributed by atoms with Gasteiger partial charge in [-0.15, -0.1) is 0 Å². The predicted molar refractivity (Wildman–Crippen MR) is 97.3 cm³/mol. The van der Waals surface area contributed by atoms with Gasteiger partial charge in [-0.25, -0.2) is 9.59 Å². The maximum absolute atomic E-state index is 12.2. The van der Waals surface area contributed by atoms with Gasteiger partial charge in [-0.3, -0.25) is 5.32 Å². The standard InChI is InChI=1S/C20H23NO4/c1-5-24-19(22)15-7-9-16(10-8-15)21-20(23)25-18-12-14(4)6-11-17(18)13(2)3/h6-13H,5H2,1-4H3,(H,21,23). The van der Waals surface area contributed by atoms with Crippen molar-refractivity contribution in [3.05, 3.63) is 59.2 Å². The fourth-order valence-corrected chi connectivity index (χ4v) is 2.35. The van der Waals surface area contributed by atoms with Crippen LogP contribution in [-0.2, 0) is 4.74 Å². The van der Waals surface area contributed by atoms with Gasteiger partial charge in [0.2, 0.25) is 0 Å². The maximum atomic E-state index is 12.2. The van der Waals surface area contributed by atoms with Crippen LogP contribution in [0.4, 0.5) is 10.5 Å². The van der Waals surface area contributed by atoms with E-state index in [2.05, 4.69) is 5.32 Å². The number of aryl methyl sites for hydroxylation is 1. The number of carbonyl (C=O) groups excluding carboxylic acids is 2. The summed E-state index contributed by atoms with van der Waals surface area (Å²) in [6, 6.07) is 12.3. The van der Waals surface area contributed by atoms with E-state index < -0.39 is 12.1 Å². The summed E-state index contributed by atoms with van der Waals surface area (Å²) in [5.41, 5.74) is 2.96. The highest BCUT2D eigenvalue weighted by Gasteiger charge is 2.13. The van der Waals surface area contributed by atoms with Gasteiger partial charge < -0.3 is 9.47 Å². The maximum Gasteiger partial charge on any atom is 0.417 e. The summed E-state index contributed by atoms with van der Waals surface area (Å²) >= 11 is 0. The summed E-state index contributed by atoms with van der Waals surface area (Å²) in [4.78, 5) is 23.8. The second kappa shape index (κ2) is 8.33. The van der Waals surface area contributed by atoms with E-state index in [0.717, 1.165) is 11.1 Å². The SMILES string of the molecule is CCOC(=O)c1ccc(NC(=O)Oc2cc(C)ccc2C(C)C)cc1. The molecule has 0 aliphatic heterocycles. The second-order valence-corrected chi connectivity index (χ2v) is 6.01. The van der Waals surface area contributed by atoms with Gasteiger partial charge in [-0.2, -0.15) is 0 Å². The number of hydrogen-bond acceptors (Lipinski definition) is 4. The Morgan fingerprint density at radius 2 is 1.76 bits per heavy atom. The van der Waals surface area contributed by atoms with Crippen LogP contribution in [0.5, 0.6) is 5.75 Å². The van der Waals surface area contributed by atoms with Gasteiger partial charge in [-0.1, -0.05) is 26.0 Å². The molecule has 2 rings (SSSR count). The fraction of sp³-hybridized carbons (Fsp3) is 0.300. The molecule has 0 aromatic heterocycles. The first-order valence-corrected chi connectivity index (χ1v) is 8.27. The number of hydrogen-bond donors (Lipinski definition) is 1. The number of anilines is 1. The molecule has 0 unspecified atom stereocenters. The summed E-state index contributed by atoms with van der Waals surface area (Å²) in [5.74, 6) is 0.404. The number of esters is 1. The number of benzene rings is 2. The van der Waals surface area contributed by atoms with Crippen molar-refractivity contribution in [1.82, 2.24) is 0 Å². The van der Waals surface area contributed by atoms with E-state index in [1.54, 1.807) is 31.2 Å². The molecule has 25 heavy (non-hydrogen) atoms. The number of ether oxygens (including phenoxy) is 2. The molecule has 1 N–H and O–H groups in total. The molecule has 0 bridgehead atoms. The van der Waals surface area contributed by atoms with Gasteiger partial charge in [0, 0.05) is 5.69 Å². The summed E-state index contributed by atoms with van der Waals surface area (Å²) in [5, 5.41) is 2.66. The summed E-state index contributed by atoms with van der Waals surface area (Å²) in [7, 11) is 0. The first kappa shape index (κ1) is 18.5. The Hall–Kier alpha value is -2.82. The van der Waals surface area contributed by atoms with Crippen molar-refractivity contribution in [2.75, 3.05) is 11.9 Å². The van der Waals surface area contributed by atoms with Crippen LogP contribution in [0, 0.1) is 6.92 Å². The van der Waals surface area contributed by atoms with Crippen LogP contribution in [0.1, 0.15) is 48.2 Å². The van der Waals surface area contributed by atoms with Crippen molar-refractivity contribution < 1.29 is 19.1 Å². The predicted octanol–water partition coefficient (Wildman–Crippen LogP) is 4.91. The molecule has 0 spiro atoms. The van der Waals surface area contributed by atoms with Crippen molar-refractivity contribution in [2.45, 2.75) is 33.6 Å². The molecule has 5 nitrogen and oxygen atoms in total. The Balaban J connectivity index is 2.06. The van der Waals surface area contributed by atoms with Crippen LogP contribution in [-0.4, -0.2) is 18.7 Å². The number of rotatable bonds is 5. The van der Waals surface area contributed by atoms with Gasteiger partial charge in [-0.05, 0) is 61.2 Å². The van der Waals surface area contributed by atoms with Gasteiger partial charge in [0.1, 0.15) is 5.75 Å². The number of amides is 1. The first-order chi connectivity index (χ1) is 11.9. The molecule has 0 aliphatic carbocycles. The fourth-order valence-electron chi connectivity index (χ4n) is 2.35. The number of nitrogens with one attached hydrogen (secondary N) is 1. The topological polar surface area (TPSA) is 64.6 Å². The molecule has 132 valence electrons. The molecule has 0 atom stereocenters. The molecule has 0 heterocycles. The largest absolute Gasteiger partial charge is 0.462 e.